The van der Waals surface area contributed by atoms with Gasteiger partial charge in [0.1, 0.15) is 0 Å². The Morgan fingerprint density at radius 2 is 2.00 bits per heavy atom. The molecule has 0 aliphatic rings. The van der Waals surface area contributed by atoms with Gasteiger partial charge in [-0.2, -0.15) is 0 Å². The van der Waals surface area contributed by atoms with Gasteiger partial charge in [-0.3, -0.25) is 0 Å². The van der Waals surface area contributed by atoms with Gasteiger partial charge >= 0.3 is 0 Å². The highest BCUT2D eigenvalue weighted by atomic mass is 16.3. The first kappa shape index (κ1) is 11.7. The lowest BCUT2D eigenvalue weighted by molar-refractivity contribution is 0.141. The molecule has 0 heterocycles. The molecule has 0 saturated heterocycles. The molecule has 15 heavy (non-hydrogen) atoms. The van der Waals surface area contributed by atoms with Crippen LogP contribution in [0.15, 0.2) is 49.1 Å². The van der Waals surface area contributed by atoms with E-state index in [0.29, 0.717) is 6.42 Å². The lowest BCUT2D eigenvalue weighted by Gasteiger charge is -2.12. The predicted octanol–water partition coefficient (Wildman–Crippen LogP) is 3.27. The summed E-state index contributed by atoms with van der Waals surface area (Å²) in [5, 5.41) is 9.67. The van der Waals surface area contributed by atoms with E-state index in [9.17, 15) is 5.11 Å². The van der Waals surface area contributed by atoms with Gasteiger partial charge < -0.3 is 5.11 Å². The second kappa shape index (κ2) is 6.20. The average molecular weight is 202 g/mol. The number of aliphatic hydroxyl groups is 1. The van der Waals surface area contributed by atoms with E-state index in [1.54, 1.807) is 6.08 Å². The summed E-state index contributed by atoms with van der Waals surface area (Å²) < 4.78 is 0. The Labute approximate surface area is 91.8 Å². The first-order valence-electron chi connectivity index (χ1n) is 5.26. The predicted molar refractivity (Wildman–Crippen MR) is 65.5 cm³/mol. The van der Waals surface area contributed by atoms with Gasteiger partial charge in [0.05, 0.1) is 6.10 Å². The topological polar surface area (TPSA) is 20.2 Å². The van der Waals surface area contributed by atoms with Gasteiger partial charge in [-0.1, -0.05) is 55.5 Å². The molecule has 0 spiro atoms. The summed E-state index contributed by atoms with van der Waals surface area (Å²) in [5.74, 6) is 0.144. The van der Waals surface area contributed by atoms with Crippen LogP contribution < -0.4 is 0 Å². The summed E-state index contributed by atoms with van der Waals surface area (Å²) in [6, 6.07) is 10.1. The van der Waals surface area contributed by atoms with E-state index in [1.165, 1.54) is 0 Å². The van der Waals surface area contributed by atoms with Crippen molar-refractivity contribution in [2.24, 2.45) is 5.92 Å². The number of aliphatic hydroxyl groups excluding tert-OH is 1. The number of rotatable bonds is 5. The Bertz CT molecular complexity index is 313. The van der Waals surface area contributed by atoms with Gasteiger partial charge in [-0.05, 0) is 17.9 Å². The molecule has 1 heteroatoms. The van der Waals surface area contributed by atoms with E-state index in [1.807, 2.05) is 49.4 Å². The molecule has 0 fully saturated rings. The van der Waals surface area contributed by atoms with Crippen LogP contribution in [0.3, 0.4) is 0 Å². The molecule has 1 aromatic rings. The maximum Gasteiger partial charge on any atom is 0.0634 e. The highest BCUT2D eigenvalue weighted by molar-refractivity contribution is 5.48. The minimum Gasteiger partial charge on any atom is -0.392 e. The van der Waals surface area contributed by atoms with Gasteiger partial charge in [0.25, 0.3) is 0 Å². The van der Waals surface area contributed by atoms with Crippen molar-refractivity contribution >= 4 is 6.08 Å². The van der Waals surface area contributed by atoms with E-state index in [2.05, 4.69) is 6.58 Å². The van der Waals surface area contributed by atoms with Crippen LogP contribution in [0.4, 0.5) is 0 Å². The van der Waals surface area contributed by atoms with Crippen LogP contribution in [0.2, 0.25) is 0 Å². The van der Waals surface area contributed by atoms with Gasteiger partial charge in [-0.25, -0.2) is 0 Å². The molecule has 1 N–H and O–H groups in total. The zero-order valence-corrected chi connectivity index (χ0v) is 9.13. The third-order valence-electron chi connectivity index (χ3n) is 2.47. The van der Waals surface area contributed by atoms with Crippen molar-refractivity contribution in [2.45, 2.75) is 19.4 Å². The first-order chi connectivity index (χ1) is 7.24. The van der Waals surface area contributed by atoms with Gasteiger partial charge in [0, 0.05) is 0 Å². The quantitative estimate of drug-likeness (QED) is 0.726. The van der Waals surface area contributed by atoms with E-state index in [4.69, 9.17) is 0 Å². The van der Waals surface area contributed by atoms with Crippen molar-refractivity contribution in [1.82, 2.24) is 0 Å². The van der Waals surface area contributed by atoms with Crippen molar-refractivity contribution in [2.75, 3.05) is 0 Å². The summed E-state index contributed by atoms with van der Waals surface area (Å²) in [6.07, 6.45) is 6.14. The summed E-state index contributed by atoms with van der Waals surface area (Å²) in [6.45, 7) is 5.63. The molecule has 0 aliphatic carbocycles. The molecule has 0 aliphatic heterocycles. The van der Waals surface area contributed by atoms with Crippen LogP contribution in [0.5, 0.6) is 0 Å². The molecule has 1 nitrogen and oxygen atoms in total. The highest BCUT2D eigenvalue weighted by Crippen LogP contribution is 2.10. The molecular formula is C14H18O. The van der Waals surface area contributed by atoms with Crippen LogP contribution in [0.25, 0.3) is 6.08 Å². The number of hydrogen-bond acceptors (Lipinski definition) is 1. The molecule has 0 amide bonds. The average Bonchev–Trinajstić information content (AvgIpc) is 2.29. The Hall–Kier alpha value is -1.34. The fourth-order valence-electron chi connectivity index (χ4n) is 1.28. The van der Waals surface area contributed by atoms with E-state index < -0.39 is 0 Å². The third-order valence-corrected chi connectivity index (χ3v) is 2.47. The van der Waals surface area contributed by atoms with Crippen molar-refractivity contribution in [3.05, 3.63) is 54.6 Å². The zero-order valence-electron chi connectivity index (χ0n) is 9.13. The van der Waals surface area contributed by atoms with Crippen molar-refractivity contribution in [1.29, 1.82) is 0 Å². The van der Waals surface area contributed by atoms with Crippen LogP contribution in [-0.2, 0) is 0 Å². The lowest BCUT2D eigenvalue weighted by atomic mass is 10.0. The lowest BCUT2D eigenvalue weighted by Crippen LogP contribution is -2.13. The fraction of sp³-hybridized carbons (Fsp3) is 0.286. The van der Waals surface area contributed by atoms with Crippen molar-refractivity contribution in [3.63, 3.8) is 0 Å². The van der Waals surface area contributed by atoms with Crippen LogP contribution in [0.1, 0.15) is 18.9 Å². The second-order valence-corrected chi connectivity index (χ2v) is 3.71. The maximum absolute atomic E-state index is 9.67. The van der Waals surface area contributed by atoms with Crippen LogP contribution in [0, 0.1) is 5.92 Å². The Kier molecular flexibility index (Phi) is 4.85. The summed E-state index contributed by atoms with van der Waals surface area (Å²) >= 11 is 0. The van der Waals surface area contributed by atoms with Crippen LogP contribution >= 0.6 is 0 Å². The molecule has 80 valence electrons. The van der Waals surface area contributed by atoms with E-state index in [0.717, 1.165) is 5.56 Å². The molecule has 0 aromatic heterocycles. The van der Waals surface area contributed by atoms with Gasteiger partial charge in [0.15, 0.2) is 0 Å². The molecule has 2 unspecified atom stereocenters. The minimum atomic E-state index is -0.331. The monoisotopic (exact) mass is 202 g/mol. The molecule has 0 bridgehead atoms. The van der Waals surface area contributed by atoms with E-state index >= 15 is 0 Å². The third kappa shape index (κ3) is 4.13. The summed E-state index contributed by atoms with van der Waals surface area (Å²) in [4.78, 5) is 0. The molecule has 1 aromatic carbocycles. The standard InChI is InChI=1S/C14H18O/c1-3-12(2)14(15)11-7-10-13-8-5-4-6-9-13/h3-10,12,14-15H,1,11H2,2H3/b10-7+. The highest BCUT2D eigenvalue weighted by Gasteiger charge is 2.07. The first-order valence-corrected chi connectivity index (χ1v) is 5.26. The SMILES string of the molecule is C=CC(C)C(O)C/C=C/c1ccccc1. The fourth-order valence-corrected chi connectivity index (χ4v) is 1.28. The van der Waals surface area contributed by atoms with Gasteiger partial charge in [0.2, 0.25) is 0 Å². The normalized spacial score (nSPS) is 15.1. The maximum atomic E-state index is 9.67. The molecule has 0 radical (unpaired) electrons. The van der Waals surface area contributed by atoms with Crippen molar-refractivity contribution in [3.8, 4) is 0 Å². The summed E-state index contributed by atoms with van der Waals surface area (Å²) in [7, 11) is 0. The number of benzene rings is 1. The largest absolute Gasteiger partial charge is 0.392 e. The Morgan fingerprint density at radius 3 is 2.60 bits per heavy atom. The Balaban J connectivity index is 2.43. The zero-order chi connectivity index (χ0) is 11.1. The van der Waals surface area contributed by atoms with Crippen molar-refractivity contribution < 1.29 is 5.11 Å². The number of hydrogen-bond donors (Lipinski definition) is 1. The Morgan fingerprint density at radius 1 is 1.33 bits per heavy atom. The van der Waals surface area contributed by atoms with E-state index in [-0.39, 0.29) is 12.0 Å². The molecule has 1 rings (SSSR count). The summed E-state index contributed by atoms with van der Waals surface area (Å²) in [5.41, 5.74) is 1.16. The van der Waals surface area contributed by atoms with Crippen LogP contribution in [-0.4, -0.2) is 11.2 Å². The second-order valence-electron chi connectivity index (χ2n) is 3.71. The smallest absolute Gasteiger partial charge is 0.0634 e. The minimum absolute atomic E-state index is 0.144. The van der Waals surface area contributed by atoms with Gasteiger partial charge in [-0.15, -0.1) is 6.58 Å². The molecular weight excluding hydrogens is 184 g/mol. The molecule has 0 saturated carbocycles. The molecule has 2 atom stereocenters.